The molecule has 0 bridgehead atoms. The summed E-state index contributed by atoms with van der Waals surface area (Å²) in [5, 5.41) is 27.3. The third kappa shape index (κ3) is 2.99. The van der Waals surface area contributed by atoms with E-state index in [1.807, 2.05) is 25.1 Å². The number of fused-ring (bicyclic) bond motifs is 2. The van der Waals surface area contributed by atoms with Gasteiger partial charge in [0.25, 0.3) is 0 Å². The minimum absolute atomic E-state index is 0.0439. The lowest BCUT2D eigenvalue weighted by atomic mass is 9.98. The van der Waals surface area contributed by atoms with E-state index < -0.39 is 23.7 Å². The summed E-state index contributed by atoms with van der Waals surface area (Å²) in [5.74, 6) is 0.00749. The van der Waals surface area contributed by atoms with Crippen molar-refractivity contribution in [1.82, 2.24) is 24.8 Å². The number of halogens is 1. The Kier molecular flexibility index (Phi) is 4.65. The molecule has 4 N–H and O–H groups in total. The van der Waals surface area contributed by atoms with Crippen LogP contribution < -0.4 is 10.6 Å². The number of hydrogen-bond acceptors (Lipinski definition) is 7. The number of amides is 1. The number of carbonyl (C=O) groups is 1. The molecule has 2 aliphatic carbocycles. The maximum Gasteiger partial charge on any atom is 0.229 e. The number of benzene rings is 1. The summed E-state index contributed by atoms with van der Waals surface area (Å²) in [7, 11) is 1.53. The summed E-state index contributed by atoms with van der Waals surface area (Å²) in [6.07, 6.45) is -0.221. The van der Waals surface area contributed by atoms with Gasteiger partial charge in [0.2, 0.25) is 11.2 Å². The Bertz CT molecular complexity index is 1180. The fourth-order valence-electron chi connectivity index (χ4n) is 5.03. The fourth-order valence-corrected chi connectivity index (χ4v) is 5.19. The van der Waals surface area contributed by atoms with Crippen LogP contribution in [0.2, 0.25) is 5.28 Å². The van der Waals surface area contributed by atoms with Gasteiger partial charge >= 0.3 is 0 Å². The first-order valence-corrected chi connectivity index (χ1v) is 10.5. The Balaban J connectivity index is 1.49. The lowest BCUT2D eigenvalue weighted by molar-refractivity contribution is -0.132. The van der Waals surface area contributed by atoms with Crippen LogP contribution in [0, 0.1) is 18.3 Å². The molecule has 9 nitrogen and oxygen atoms in total. The predicted molar refractivity (Wildman–Crippen MR) is 114 cm³/mol. The van der Waals surface area contributed by atoms with E-state index in [4.69, 9.17) is 11.6 Å². The van der Waals surface area contributed by atoms with Crippen LogP contribution in [-0.4, -0.2) is 54.9 Å². The van der Waals surface area contributed by atoms with Crippen LogP contribution in [0.5, 0.6) is 0 Å². The minimum atomic E-state index is -1.16. The maximum atomic E-state index is 12.4. The average Bonchev–Trinajstić information content (AvgIpc) is 3.29. The molecule has 0 spiro atoms. The van der Waals surface area contributed by atoms with Crippen molar-refractivity contribution in [1.29, 1.82) is 0 Å². The second-order valence-corrected chi connectivity index (χ2v) is 8.70. The van der Waals surface area contributed by atoms with Crippen LogP contribution >= 0.6 is 11.6 Å². The molecular formula is C21H23ClN6O3. The molecule has 2 aromatic heterocycles. The van der Waals surface area contributed by atoms with E-state index in [0.29, 0.717) is 29.9 Å². The third-order valence-corrected chi connectivity index (χ3v) is 6.75. The van der Waals surface area contributed by atoms with Gasteiger partial charge in [-0.1, -0.05) is 29.8 Å². The normalized spacial score (nSPS) is 29.1. The number of aryl methyl sites for hydroxylation is 1. The van der Waals surface area contributed by atoms with Crippen LogP contribution in [0.3, 0.4) is 0 Å². The number of aromatic nitrogens is 4. The number of nitrogens with zero attached hydrogens (tertiary/aromatic N) is 4. The number of imidazole rings is 1. The van der Waals surface area contributed by atoms with Gasteiger partial charge < -0.3 is 25.4 Å². The van der Waals surface area contributed by atoms with Crippen molar-refractivity contribution < 1.29 is 15.0 Å². The number of aliphatic hydroxyl groups is 2. The molecule has 2 heterocycles. The highest BCUT2D eigenvalue weighted by molar-refractivity contribution is 6.28. The first-order valence-electron chi connectivity index (χ1n) is 10.1. The highest BCUT2D eigenvalue weighted by Gasteiger charge is 2.75. The summed E-state index contributed by atoms with van der Waals surface area (Å²) in [4.78, 5) is 25.5. The molecule has 1 amide bonds. The first-order chi connectivity index (χ1) is 14.9. The third-order valence-electron chi connectivity index (χ3n) is 6.58. The molecule has 2 saturated carbocycles. The molecule has 162 valence electrons. The van der Waals surface area contributed by atoms with E-state index in [-0.39, 0.29) is 17.1 Å². The van der Waals surface area contributed by atoms with Gasteiger partial charge in [0.1, 0.15) is 6.10 Å². The van der Waals surface area contributed by atoms with E-state index in [9.17, 15) is 15.0 Å². The van der Waals surface area contributed by atoms with Gasteiger partial charge in [-0.2, -0.15) is 9.97 Å². The molecule has 0 radical (unpaired) electrons. The Labute approximate surface area is 183 Å². The van der Waals surface area contributed by atoms with Gasteiger partial charge in [0, 0.05) is 19.5 Å². The van der Waals surface area contributed by atoms with Crippen LogP contribution in [-0.2, 0) is 11.3 Å². The molecule has 2 aliphatic rings. The molecule has 5 rings (SSSR count). The summed E-state index contributed by atoms with van der Waals surface area (Å²) in [5.41, 5.74) is 2.23. The first kappa shape index (κ1) is 20.2. The smallest absolute Gasteiger partial charge is 0.229 e. The highest BCUT2D eigenvalue weighted by atomic mass is 35.5. The number of nitrogens with one attached hydrogen (secondary N) is 2. The molecular weight excluding hydrogens is 420 g/mol. The SMILES string of the molecule is CNC(=O)[C@]12C[C@@H]1[C@@H](n1cnc3c(NCc4cccc(C)c4)nc(Cl)nc31)[C@H](O)[C@@H]2O. The molecule has 5 atom stereocenters. The second-order valence-electron chi connectivity index (χ2n) is 8.36. The number of rotatable bonds is 5. The molecule has 2 fully saturated rings. The topological polar surface area (TPSA) is 125 Å². The predicted octanol–water partition coefficient (Wildman–Crippen LogP) is 1.43. The molecule has 0 unspecified atom stereocenters. The summed E-state index contributed by atoms with van der Waals surface area (Å²) >= 11 is 6.20. The number of carbonyl (C=O) groups excluding carboxylic acids is 1. The molecule has 31 heavy (non-hydrogen) atoms. The van der Waals surface area contributed by atoms with E-state index in [2.05, 4.69) is 31.7 Å². The van der Waals surface area contributed by atoms with Crippen molar-refractivity contribution in [2.24, 2.45) is 11.3 Å². The zero-order chi connectivity index (χ0) is 21.9. The van der Waals surface area contributed by atoms with Crippen molar-refractivity contribution in [3.05, 3.63) is 47.0 Å². The zero-order valence-corrected chi connectivity index (χ0v) is 17.8. The fraction of sp³-hybridized carbons (Fsp3) is 0.429. The van der Waals surface area contributed by atoms with Gasteiger partial charge in [-0.15, -0.1) is 0 Å². The van der Waals surface area contributed by atoms with Crippen LogP contribution in [0.1, 0.15) is 23.6 Å². The minimum Gasteiger partial charge on any atom is -0.389 e. The van der Waals surface area contributed by atoms with Crippen molar-refractivity contribution in [3.63, 3.8) is 0 Å². The zero-order valence-electron chi connectivity index (χ0n) is 17.1. The molecule has 3 aromatic rings. The Morgan fingerprint density at radius 2 is 2.16 bits per heavy atom. The Hall–Kier alpha value is -2.75. The van der Waals surface area contributed by atoms with Gasteiger partial charge in [-0.25, -0.2) is 4.98 Å². The summed E-state index contributed by atoms with van der Waals surface area (Å²) in [6.45, 7) is 2.56. The summed E-state index contributed by atoms with van der Waals surface area (Å²) < 4.78 is 1.71. The number of anilines is 1. The lowest BCUT2D eigenvalue weighted by Gasteiger charge is -2.23. The van der Waals surface area contributed by atoms with E-state index >= 15 is 0 Å². The van der Waals surface area contributed by atoms with Crippen molar-refractivity contribution >= 4 is 34.5 Å². The van der Waals surface area contributed by atoms with Gasteiger partial charge in [0.05, 0.1) is 23.9 Å². The van der Waals surface area contributed by atoms with Crippen molar-refractivity contribution in [2.45, 2.75) is 38.1 Å². The van der Waals surface area contributed by atoms with E-state index in [0.717, 1.165) is 11.1 Å². The maximum absolute atomic E-state index is 12.4. The number of hydrogen-bond donors (Lipinski definition) is 4. The largest absolute Gasteiger partial charge is 0.389 e. The van der Waals surface area contributed by atoms with Crippen molar-refractivity contribution in [3.8, 4) is 0 Å². The van der Waals surface area contributed by atoms with Gasteiger partial charge in [0.15, 0.2) is 17.0 Å². The van der Waals surface area contributed by atoms with Gasteiger partial charge in [-0.05, 0) is 30.5 Å². The quantitative estimate of drug-likeness (QED) is 0.440. The molecule has 0 saturated heterocycles. The monoisotopic (exact) mass is 442 g/mol. The van der Waals surface area contributed by atoms with Gasteiger partial charge in [-0.3, -0.25) is 4.79 Å². The second kappa shape index (κ2) is 7.15. The van der Waals surface area contributed by atoms with E-state index in [1.165, 1.54) is 7.05 Å². The highest BCUT2D eigenvalue weighted by Crippen LogP contribution is 2.67. The molecule has 1 aromatic carbocycles. The Morgan fingerprint density at radius 3 is 2.90 bits per heavy atom. The Morgan fingerprint density at radius 1 is 1.35 bits per heavy atom. The van der Waals surface area contributed by atoms with Crippen LogP contribution in [0.4, 0.5) is 5.82 Å². The molecule has 0 aliphatic heterocycles. The lowest BCUT2D eigenvalue weighted by Crippen LogP contribution is -2.41. The average molecular weight is 443 g/mol. The summed E-state index contributed by atoms with van der Waals surface area (Å²) in [6, 6.07) is 7.58. The van der Waals surface area contributed by atoms with Crippen LogP contribution in [0.15, 0.2) is 30.6 Å². The number of aliphatic hydroxyl groups excluding tert-OH is 2. The van der Waals surface area contributed by atoms with Crippen LogP contribution in [0.25, 0.3) is 11.2 Å². The van der Waals surface area contributed by atoms with E-state index in [1.54, 1.807) is 10.9 Å². The standard InChI is InChI=1S/C21H23ClN6O3/c1-10-4-3-5-11(6-10)8-24-17-13-18(27-20(22)26-17)28(9-25-13)14-12-7-21(12,19(31)23-2)16(30)15(14)29/h3-6,9,12,14-16,29-30H,7-8H2,1-2H3,(H,23,31)(H,24,26,27)/t12-,14-,15+,16+,21-/m1/s1. The molecule has 10 heteroatoms. The van der Waals surface area contributed by atoms with Crippen molar-refractivity contribution in [2.75, 3.05) is 12.4 Å².